The van der Waals surface area contributed by atoms with Crippen LogP contribution in [0.5, 0.6) is 5.75 Å². The maximum absolute atomic E-state index is 5.30. The van der Waals surface area contributed by atoms with Gasteiger partial charge in [0.2, 0.25) is 0 Å². The molecule has 1 fully saturated rings. The predicted octanol–water partition coefficient (Wildman–Crippen LogP) is 2.44. The zero-order valence-electron chi connectivity index (χ0n) is 11.9. The largest absolute Gasteiger partial charge is 0.496 e. The van der Waals surface area contributed by atoms with Crippen molar-refractivity contribution >= 4 is 5.69 Å². The van der Waals surface area contributed by atoms with Crippen LogP contribution in [0.3, 0.4) is 0 Å². The minimum Gasteiger partial charge on any atom is -0.496 e. The minimum atomic E-state index is 0.497. The predicted molar refractivity (Wildman–Crippen MR) is 76.6 cm³/mol. The maximum Gasteiger partial charge on any atom is 0.121 e. The molecule has 0 spiro atoms. The highest BCUT2D eigenvalue weighted by atomic mass is 16.5. The first-order valence-corrected chi connectivity index (χ1v) is 6.61. The Morgan fingerprint density at radius 3 is 2.61 bits per heavy atom. The molecule has 100 valence electrons. The van der Waals surface area contributed by atoms with Gasteiger partial charge in [-0.2, -0.15) is 0 Å². The highest BCUT2D eigenvalue weighted by molar-refractivity contribution is 5.52. The summed E-state index contributed by atoms with van der Waals surface area (Å²) >= 11 is 0. The van der Waals surface area contributed by atoms with Crippen molar-refractivity contribution in [1.82, 2.24) is 5.32 Å². The van der Waals surface area contributed by atoms with Gasteiger partial charge >= 0.3 is 0 Å². The van der Waals surface area contributed by atoms with Crippen LogP contribution >= 0.6 is 0 Å². The Balaban J connectivity index is 2.05. The van der Waals surface area contributed by atoms with Crippen LogP contribution in [0.1, 0.15) is 18.4 Å². The smallest absolute Gasteiger partial charge is 0.121 e. The van der Waals surface area contributed by atoms with E-state index in [0.29, 0.717) is 5.41 Å². The lowest BCUT2D eigenvalue weighted by Gasteiger charge is -2.26. The summed E-state index contributed by atoms with van der Waals surface area (Å²) in [5, 5.41) is 3.31. The molecule has 1 aromatic rings. The number of nitrogens with one attached hydrogen (secondary N) is 1. The SMILES string of the molecule is CNCC1(CN(C)c2ccc(OC)c(C)c2)CC1. The lowest BCUT2D eigenvalue weighted by Crippen LogP contribution is -2.32. The Kier molecular flexibility index (Phi) is 3.81. The van der Waals surface area contributed by atoms with Crippen LogP contribution < -0.4 is 15.0 Å². The quantitative estimate of drug-likeness (QED) is 0.837. The second-order valence-corrected chi connectivity index (χ2v) is 5.54. The summed E-state index contributed by atoms with van der Waals surface area (Å²) in [5.74, 6) is 0.962. The van der Waals surface area contributed by atoms with Crippen molar-refractivity contribution in [2.75, 3.05) is 39.2 Å². The number of aryl methyl sites for hydroxylation is 1. The molecule has 0 bridgehead atoms. The van der Waals surface area contributed by atoms with E-state index in [-0.39, 0.29) is 0 Å². The molecule has 0 aliphatic heterocycles. The van der Waals surface area contributed by atoms with E-state index in [4.69, 9.17) is 4.74 Å². The maximum atomic E-state index is 5.30. The van der Waals surface area contributed by atoms with Crippen molar-refractivity contribution in [3.8, 4) is 5.75 Å². The zero-order chi connectivity index (χ0) is 13.2. The normalized spacial score (nSPS) is 16.4. The molecule has 0 unspecified atom stereocenters. The summed E-state index contributed by atoms with van der Waals surface area (Å²) < 4.78 is 5.30. The van der Waals surface area contributed by atoms with Gasteiger partial charge in [0.25, 0.3) is 0 Å². The van der Waals surface area contributed by atoms with Gasteiger partial charge in [-0.05, 0) is 50.6 Å². The van der Waals surface area contributed by atoms with E-state index in [2.05, 4.69) is 42.4 Å². The van der Waals surface area contributed by atoms with E-state index in [1.54, 1.807) is 7.11 Å². The van der Waals surface area contributed by atoms with Crippen LogP contribution in [-0.4, -0.2) is 34.3 Å². The van der Waals surface area contributed by atoms with Gasteiger partial charge in [-0.25, -0.2) is 0 Å². The van der Waals surface area contributed by atoms with Gasteiger partial charge in [-0.1, -0.05) is 0 Å². The van der Waals surface area contributed by atoms with Crippen molar-refractivity contribution < 1.29 is 4.74 Å². The summed E-state index contributed by atoms with van der Waals surface area (Å²) in [4.78, 5) is 2.36. The van der Waals surface area contributed by atoms with Crippen LogP contribution in [0.4, 0.5) is 5.69 Å². The summed E-state index contributed by atoms with van der Waals surface area (Å²) in [5.41, 5.74) is 2.97. The highest BCUT2D eigenvalue weighted by Gasteiger charge is 2.42. The average Bonchev–Trinajstić information content (AvgIpc) is 3.09. The Bertz CT molecular complexity index is 413. The van der Waals surface area contributed by atoms with Crippen molar-refractivity contribution in [2.45, 2.75) is 19.8 Å². The third-order valence-corrected chi connectivity index (χ3v) is 3.90. The summed E-state index contributed by atoms with van der Waals surface area (Å²) in [6, 6.07) is 6.40. The van der Waals surface area contributed by atoms with Gasteiger partial charge in [-0.3, -0.25) is 0 Å². The first kappa shape index (κ1) is 13.2. The molecule has 3 heteroatoms. The van der Waals surface area contributed by atoms with E-state index >= 15 is 0 Å². The first-order valence-electron chi connectivity index (χ1n) is 6.61. The van der Waals surface area contributed by atoms with Crippen LogP contribution in [0.25, 0.3) is 0 Å². The van der Waals surface area contributed by atoms with Crippen molar-refractivity contribution in [2.24, 2.45) is 5.41 Å². The molecule has 0 amide bonds. The van der Waals surface area contributed by atoms with Gasteiger partial charge in [0.15, 0.2) is 0 Å². The molecule has 0 radical (unpaired) electrons. The van der Waals surface area contributed by atoms with E-state index in [0.717, 1.165) is 18.8 Å². The lowest BCUT2D eigenvalue weighted by molar-refractivity contribution is 0.411. The fourth-order valence-electron chi connectivity index (χ4n) is 2.64. The van der Waals surface area contributed by atoms with Crippen LogP contribution in [0.15, 0.2) is 18.2 Å². The molecule has 0 aromatic heterocycles. The molecular formula is C15H24N2O. The fourth-order valence-corrected chi connectivity index (χ4v) is 2.64. The molecule has 2 rings (SSSR count). The summed E-state index contributed by atoms with van der Waals surface area (Å²) in [6.45, 7) is 4.34. The number of anilines is 1. The standard InChI is InChI=1S/C15H24N2O/c1-12-9-13(5-6-14(12)18-4)17(3)11-15(7-8-15)10-16-2/h5-6,9,16H,7-8,10-11H2,1-4H3. The molecule has 3 nitrogen and oxygen atoms in total. The van der Waals surface area contributed by atoms with E-state index in [1.807, 2.05) is 7.05 Å². The molecule has 1 aromatic carbocycles. The molecule has 1 N–H and O–H groups in total. The van der Waals surface area contributed by atoms with Gasteiger partial charge in [0, 0.05) is 31.2 Å². The Morgan fingerprint density at radius 1 is 1.39 bits per heavy atom. The monoisotopic (exact) mass is 248 g/mol. The van der Waals surface area contributed by atoms with Crippen molar-refractivity contribution in [3.63, 3.8) is 0 Å². The number of nitrogens with zero attached hydrogens (tertiary/aromatic N) is 1. The number of methoxy groups -OCH3 is 1. The number of ether oxygens (including phenoxy) is 1. The zero-order valence-corrected chi connectivity index (χ0v) is 11.9. The Hall–Kier alpha value is -1.22. The second-order valence-electron chi connectivity index (χ2n) is 5.54. The third-order valence-electron chi connectivity index (χ3n) is 3.90. The Labute approximate surface area is 110 Å². The van der Waals surface area contributed by atoms with E-state index in [1.165, 1.54) is 24.1 Å². The molecule has 18 heavy (non-hydrogen) atoms. The Morgan fingerprint density at radius 2 is 2.11 bits per heavy atom. The van der Waals surface area contributed by atoms with E-state index in [9.17, 15) is 0 Å². The number of rotatable bonds is 6. The van der Waals surface area contributed by atoms with Crippen molar-refractivity contribution in [1.29, 1.82) is 0 Å². The number of benzene rings is 1. The molecule has 1 aliphatic carbocycles. The summed E-state index contributed by atoms with van der Waals surface area (Å²) in [6.07, 6.45) is 2.68. The average molecular weight is 248 g/mol. The number of hydrogen-bond acceptors (Lipinski definition) is 3. The molecular weight excluding hydrogens is 224 g/mol. The van der Waals surface area contributed by atoms with Crippen LogP contribution in [0.2, 0.25) is 0 Å². The molecule has 1 aliphatic rings. The lowest BCUT2D eigenvalue weighted by atomic mass is 10.1. The fraction of sp³-hybridized carbons (Fsp3) is 0.600. The topological polar surface area (TPSA) is 24.5 Å². The van der Waals surface area contributed by atoms with Crippen LogP contribution in [0, 0.1) is 12.3 Å². The summed E-state index contributed by atoms with van der Waals surface area (Å²) in [7, 11) is 5.94. The molecule has 0 saturated heterocycles. The van der Waals surface area contributed by atoms with Crippen molar-refractivity contribution in [3.05, 3.63) is 23.8 Å². The molecule has 1 saturated carbocycles. The number of hydrogen-bond donors (Lipinski definition) is 1. The third kappa shape index (κ3) is 2.78. The molecule has 0 atom stereocenters. The van der Waals surface area contributed by atoms with Gasteiger partial charge in [-0.15, -0.1) is 0 Å². The molecule has 0 heterocycles. The minimum absolute atomic E-state index is 0.497. The van der Waals surface area contributed by atoms with Gasteiger partial charge in [0.1, 0.15) is 5.75 Å². The first-order chi connectivity index (χ1) is 8.60. The second kappa shape index (κ2) is 5.19. The van der Waals surface area contributed by atoms with E-state index < -0.39 is 0 Å². The van der Waals surface area contributed by atoms with Crippen LogP contribution in [-0.2, 0) is 0 Å². The van der Waals surface area contributed by atoms with Gasteiger partial charge in [0.05, 0.1) is 7.11 Å². The highest BCUT2D eigenvalue weighted by Crippen LogP contribution is 2.46. The van der Waals surface area contributed by atoms with Gasteiger partial charge < -0.3 is 15.0 Å².